The van der Waals surface area contributed by atoms with Gasteiger partial charge >= 0.3 is 0 Å². The summed E-state index contributed by atoms with van der Waals surface area (Å²) in [5, 5.41) is 6.00. The summed E-state index contributed by atoms with van der Waals surface area (Å²) in [5.41, 5.74) is 2.05. The Balaban J connectivity index is 1.49. The minimum Gasteiger partial charge on any atom is -0.490 e. The van der Waals surface area contributed by atoms with E-state index in [0.29, 0.717) is 34.5 Å². The minimum absolute atomic E-state index is 0.150. The zero-order valence-corrected chi connectivity index (χ0v) is 15.9. The van der Waals surface area contributed by atoms with Gasteiger partial charge < -0.3 is 14.5 Å². The van der Waals surface area contributed by atoms with Crippen molar-refractivity contribution in [2.24, 2.45) is 0 Å². The molecule has 2 aromatic heterocycles. The van der Waals surface area contributed by atoms with Crippen LogP contribution in [0, 0.1) is 5.82 Å². The summed E-state index contributed by atoms with van der Waals surface area (Å²) in [4.78, 5) is 16.6. The monoisotopic (exact) mass is 396 g/mol. The van der Waals surface area contributed by atoms with E-state index in [4.69, 9.17) is 9.15 Å². The molecule has 2 aromatic carbocycles. The first kappa shape index (κ1) is 18.2. The van der Waals surface area contributed by atoms with Gasteiger partial charge in [0.25, 0.3) is 0 Å². The lowest BCUT2D eigenvalue weighted by atomic mass is 10.1. The van der Waals surface area contributed by atoms with Gasteiger partial charge in [-0.1, -0.05) is 24.3 Å². The average Bonchev–Trinajstić information content (AvgIpc) is 3.31. The molecule has 0 bridgehead atoms. The van der Waals surface area contributed by atoms with Gasteiger partial charge in [-0.05, 0) is 36.8 Å². The van der Waals surface area contributed by atoms with E-state index in [1.54, 1.807) is 12.1 Å². The lowest BCUT2D eigenvalue weighted by Gasteiger charge is -2.02. The lowest BCUT2D eigenvalue weighted by molar-refractivity contribution is -0.115. The van der Waals surface area contributed by atoms with Crippen molar-refractivity contribution in [1.82, 2.24) is 4.98 Å². The van der Waals surface area contributed by atoms with Crippen LogP contribution in [0.1, 0.15) is 12.5 Å². The number of para-hydroxylation sites is 1. The number of rotatable bonds is 6. The van der Waals surface area contributed by atoms with Crippen LogP contribution in [-0.4, -0.2) is 17.5 Å². The fourth-order valence-corrected chi connectivity index (χ4v) is 3.54. The highest BCUT2D eigenvalue weighted by atomic mass is 32.1. The second-order valence-corrected chi connectivity index (χ2v) is 6.97. The van der Waals surface area contributed by atoms with Crippen molar-refractivity contribution in [2.75, 3.05) is 11.9 Å². The van der Waals surface area contributed by atoms with E-state index < -0.39 is 0 Å². The molecular weight excluding hydrogens is 379 g/mol. The fourth-order valence-electron chi connectivity index (χ4n) is 2.83. The standard InChI is InChI=1S/C21H17FN2O3S/c1-2-26-17-5-3-4-14-11-18(27-20(14)17)16-12-28-21(23-16)24-19(25)10-13-6-8-15(22)9-7-13/h3-9,11-12H,2,10H2,1H3,(H,23,24,25). The molecule has 0 saturated heterocycles. The highest BCUT2D eigenvalue weighted by Gasteiger charge is 2.14. The Labute approximate surface area is 164 Å². The molecule has 1 amide bonds. The molecule has 1 N–H and O–H groups in total. The van der Waals surface area contributed by atoms with Gasteiger partial charge in [-0.15, -0.1) is 11.3 Å². The molecule has 7 heteroatoms. The summed E-state index contributed by atoms with van der Waals surface area (Å²) in [6.07, 6.45) is 0.150. The molecule has 0 aliphatic heterocycles. The molecule has 0 fully saturated rings. The summed E-state index contributed by atoms with van der Waals surface area (Å²) in [5.74, 6) is 0.759. The molecule has 2 heterocycles. The van der Waals surface area contributed by atoms with Gasteiger partial charge in [0.15, 0.2) is 22.2 Å². The molecule has 0 saturated carbocycles. The first-order valence-corrected chi connectivity index (χ1v) is 9.66. The topological polar surface area (TPSA) is 64.4 Å². The molecule has 4 rings (SSSR count). The van der Waals surface area contributed by atoms with E-state index in [0.717, 1.165) is 10.9 Å². The predicted molar refractivity (Wildman–Crippen MR) is 107 cm³/mol. The Morgan fingerprint density at radius 1 is 1.25 bits per heavy atom. The van der Waals surface area contributed by atoms with Crippen molar-refractivity contribution in [3.8, 4) is 17.2 Å². The zero-order chi connectivity index (χ0) is 19.5. The van der Waals surface area contributed by atoms with Crippen LogP contribution >= 0.6 is 11.3 Å². The molecule has 142 valence electrons. The smallest absolute Gasteiger partial charge is 0.230 e. The van der Waals surface area contributed by atoms with Gasteiger partial charge in [0.1, 0.15) is 11.5 Å². The minimum atomic E-state index is -0.327. The summed E-state index contributed by atoms with van der Waals surface area (Å²) >= 11 is 1.32. The number of thiazole rings is 1. The third-order valence-electron chi connectivity index (χ3n) is 4.09. The maximum Gasteiger partial charge on any atom is 0.230 e. The third kappa shape index (κ3) is 3.89. The van der Waals surface area contributed by atoms with Gasteiger partial charge in [0.05, 0.1) is 13.0 Å². The Bertz CT molecular complexity index is 1120. The Morgan fingerprint density at radius 3 is 2.86 bits per heavy atom. The number of carbonyl (C=O) groups excluding carboxylic acids is 1. The maximum atomic E-state index is 13.0. The number of fused-ring (bicyclic) bond motifs is 1. The Hall–Kier alpha value is -3.19. The lowest BCUT2D eigenvalue weighted by Crippen LogP contribution is -2.14. The van der Waals surface area contributed by atoms with E-state index in [1.165, 1.54) is 23.5 Å². The van der Waals surface area contributed by atoms with Crippen molar-refractivity contribution < 1.29 is 18.3 Å². The van der Waals surface area contributed by atoms with Crippen LogP contribution in [0.5, 0.6) is 5.75 Å². The molecule has 4 aromatic rings. The SMILES string of the molecule is CCOc1cccc2cc(-c3csc(NC(=O)Cc4ccc(F)cc4)n3)oc12. The number of hydrogen-bond acceptors (Lipinski definition) is 5. The fraction of sp³-hybridized carbons (Fsp3) is 0.143. The van der Waals surface area contributed by atoms with Gasteiger partial charge in [0, 0.05) is 10.8 Å². The summed E-state index contributed by atoms with van der Waals surface area (Å²) in [6, 6.07) is 13.5. The number of halogens is 1. The van der Waals surface area contributed by atoms with Crippen molar-refractivity contribution in [2.45, 2.75) is 13.3 Å². The number of ether oxygens (including phenoxy) is 1. The molecule has 0 aliphatic rings. The number of nitrogens with one attached hydrogen (secondary N) is 1. The van der Waals surface area contributed by atoms with E-state index in [1.807, 2.05) is 36.6 Å². The molecule has 0 spiro atoms. The quantitative estimate of drug-likeness (QED) is 0.482. The van der Waals surface area contributed by atoms with Crippen LogP contribution in [0.4, 0.5) is 9.52 Å². The van der Waals surface area contributed by atoms with E-state index in [9.17, 15) is 9.18 Å². The zero-order valence-electron chi connectivity index (χ0n) is 15.1. The van der Waals surface area contributed by atoms with Gasteiger partial charge in [-0.3, -0.25) is 4.79 Å². The normalized spacial score (nSPS) is 10.9. The second kappa shape index (κ2) is 7.82. The summed E-state index contributed by atoms with van der Waals surface area (Å²) in [7, 11) is 0. The molecule has 0 atom stereocenters. The second-order valence-electron chi connectivity index (χ2n) is 6.11. The molecule has 0 aliphatic carbocycles. The number of furan rings is 1. The highest BCUT2D eigenvalue weighted by Crippen LogP contribution is 2.34. The first-order chi connectivity index (χ1) is 13.6. The molecule has 28 heavy (non-hydrogen) atoms. The summed E-state index contributed by atoms with van der Waals surface area (Å²) < 4.78 is 24.5. The Kier molecular flexibility index (Phi) is 5.08. The number of benzene rings is 2. The van der Waals surface area contributed by atoms with Gasteiger partial charge in [0.2, 0.25) is 5.91 Å². The number of anilines is 1. The van der Waals surface area contributed by atoms with Crippen molar-refractivity contribution in [1.29, 1.82) is 0 Å². The van der Waals surface area contributed by atoms with Crippen molar-refractivity contribution in [3.05, 3.63) is 65.3 Å². The van der Waals surface area contributed by atoms with Crippen LogP contribution in [0.15, 0.2) is 58.3 Å². The number of carbonyl (C=O) groups is 1. The highest BCUT2D eigenvalue weighted by molar-refractivity contribution is 7.14. The summed E-state index contributed by atoms with van der Waals surface area (Å²) in [6.45, 7) is 2.47. The third-order valence-corrected chi connectivity index (χ3v) is 4.85. The van der Waals surface area contributed by atoms with Crippen LogP contribution < -0.4 is 10.1 Å². The molecule has 0 radical (unpaired) electrons. The van der Waals surface area contributed by atoms with E-state index in [-0.39, 0.29) is 18.1 Å². The molecule has 5 nitrogen and oxygen atoms in total. The van der Waals surface area contributed by atoms with E-state index in [2.05, 4.69) is 10.3 Å². The molecular formula is C21H17FN2O3S. The van der Waals surface area contributed by atoms with Gasteiger partial charge in [-0.25, -0.2) is 9.37 Å². The van der Waals surface area contributed by atoms with Crippen molar-refractivity contribution >= 4 is 33.3 Å². The van der Waals surface area contributed by atoms with Crippen LogP contribution in [-0.2, 0) is 11.2 Å². The molecule has 0 unspecified atom stereocenters. The Morgan fingerprint density at radius 2 is 2.07 bits per heavy atom. The van der Waals surface area contributed by atoms with Crippen molar-refractivity contribution in [3.63, 3.8) is 0 Å². The predicted octanol–water partition coefficient (Wildman–Crippen LogP) is 5.28. The first-order valence-electron chi connectivity index (χ1n) is 8.78. The van der Waals surface area contributed by atoms with Crippen LogP contribution in [0.2, 0.25) is 0 Å². The number of hydrogen-bond donors (Lipinski definition) is 1. The average molecular weight is 396 g/mol. The number of aromatic nitrogens is 1. The maximum absolute atomic E-state index is 13.0. The van der Waals surface area contributed by atoms with Crippen LogP contribution in [0.25, 0.3) is 22.4 Å². The van der Waals surface area contributed by atoms with Gasteiger partial charge in [-0.2, -0.15) is 0 Å². The number of amides is 1. The largest absolute Gasteiger partial charge is 0.490 e. The van der Waals surface area contributed by atoms with Crippen LogP contribution in [0.3, 0.4) is 0 Å². The van der Waals surface area contributed by atoms with E-state index >= 15 is 0 Å². The number of nitrogens with zero attached hydrogens (tertiary/aromatic N) is 1.